The number of anilines is 1. The van der Waals surface area contributed by atoms with Crippen LogP contribution in [0.5, 0.6) is 17.6 Å². The van der Waals surface area contributed by atoms with Gasteiger partial charge in [0.25, 0.3) is 0 Å². The Morgan fingerprint density at radius 2 is 2.00 bits per heavy atom. The van der Waals surface area contributed by atoms with Gasteiger partial charge in [0.1, 0.15) is 34.8 Å². The van der Waals surface area contributed by atoms with Crippen molar-refractivity contribution in [3.63, 3.8) is 0 Å². The fourth-order valence-electron chi connectivity index (χ4n) is 8.04. The van der Waals surface area contributed by atoms with E-state index >= 15 is 4.39 Å². The number of halogens is 1. The van der Waals surface area contributed by atoms with Crippen LogP contribution in [0.1, 0.15) is 44.1 Å². The molecular formula is C35H35FN6O3. The third kappa shape index (κ3) is 4.47. The van der Waals surface area contributed by atoms with Crippen LogP contribution in [0.3, 0.4) is 0 Å². The number of piperazine rings is 1. The molecule has 2 aromatic heterocycles. The Bertz CT molecular complexity index is 1900. The van der Waals surface area contributed by atoms with Gasteiger partial charge < -0.3 is 29.7 Å². The lowest BCUT2D eigenvalue weighted by molar-refractivity contribution is 0.170. The maximum atomic E-state index is 17.0. The Kier molecular flexibility index (Phi) is 6.13. The summed E-state index contributed by atoms with van der Waals surface area (Å²) in [4.78, 5) is 19.2. The van der Waals surface area contributed by atoms with Gasteiger partial charge in [-0.1, -0.05) is 18.1 Å². The molecule has 3 saturated heterocycles. The van der Waals surface area contributed by atoms with Crippen molar-refractivity contribution < 1.29 is 19.0 Å². The smallest absolute Gasteiger partial charge is 0.319 e. The normalized spacial score (nSPS) is 24.7. The summed E-state index contributed by atoms with van der Waals surface area (Å²) in [6.45, 7) is 4.90. The first-order valence-electron chi connectivity index (χ1n) is 16.1. The number of nitrogens with zero attached hydrogens (tertiary/aromatic N) is 5. The van der Waals surface area contributed by atoms with Crippen molar-refractivity contribution in [1.82, 2.24) is 25.2 Å². The molecule has 4 aromatic rings. The SMILES string of the molecule is C#Cc1cccc2cc(O)cc(-c3nc4c5c(nc(OCC6(CN7CCCC7)CC6)nc5c3F)N3CC5CCC(N5)C3CO4)c12. The molecule has 3 unspecified atom stereocenters. The van der Waals surface area contributed by atoms with Crippen LogP contribution in [0.15, 0.2) is 30.3 Å². The zero-order chi connectivity index (χ0) is 30.3. The molecule has 1 saturated carbocycles. The highest BCUT2D eigenvalue weighted by atomic mass is 19.1. The van der Waals surface area contributed by atoms with E-state index in [0.717, 1.165) is 51.9 Å². The fraction of sp³-hybridized carbons (Fsp3) is 0.457. The maximum Gasteiger partial charge on any atom is 0.319 e. The second kappa shape index (κ2) is 10.2. The molecule has 9 nitrogen and oxygen atoms in total. The molecule has 230 valence electrons. The van der Waals surface area contributed by atoms with E-state index < -0.39 is 5.82 Å². The van der Waals surface area contributed by atoms with Gasteiger partial charge in [0, 0.05) is 47.1 Å². The van der Waals surface area contributed by atoms with Crippen molar-refractivity contribution in [2.75, 3.05) is 44.3 Å². The molecule has 4 aliphatic heterocycles. The van der Waals surface area contributed by atoms with E-state index in [1.807, 2.05) is 12.1 Å². The summed E-state index contributed by atoms with van der Waals surface area (Å²) in [7, 11) is 0. The number of nitrogens with one attached hydrogen (secondary N) is 1. The Morgan fingerprint density at radius 3 is 2.82 bits per heavy atom. The molecule has 5 aliphatic rings. The molecule has 4 fully saturated rings. The van der Waals surface area contributed by atoms with E-state index in [9.17, 15) is 5.11 Å². The number of terminal acetylenes is 1. The molecule has 6 heterocycles. The van der Waals surface area contributed by atoms with Gasteiger partial charge in [-0.3, -0.25) is 0 Å². The maximum absolute atomic E-state index is 17.0. The standard InChI is InChI=1S/C35H35FN6O3/c1-2-20-6-5-7-21-14-23(43)15-24(27(20)21)30-29(36)31-28-32(42-16-22-8-9-25(37-22)26(42)17-44-33(28)38-30)40-34(39-31)45-19-35(10-11-35)18-41-12-3-4-13-41/h1,5-7,14-15,22,25-26,37,43H,3-4,8-13,16-19H2. The zero-order valence-corrected chi connectivity index (χ0v) is 25.1. The van der Waals surface area contributed by atoms with Crippen molar-refractivity contribution in [2.45, 2.75) is 56.7 Å². The van der Waals surface area contributed by atoms with Gasteiger partial charge in [-0.2, -0.15) is 9.97 Å². The number of aromatic hydroxyl groups is 1. The van der Waals surface area contributed by atoms with Gasteiger partial charge in [-0.15, -0.1) is 6.42 Å². The predicted molar refractivity (Wildman–Crippen MR) is 169 cm³/mol. The molecule has 0 spiro atoms. The van der Waals surface area contributed by atoms with E-state index in [-0.39, 0.29) is 46.3 Å². The van der Waals surface area contributed by atoms with Crippen LogP contribution in [-0.4, -0.2) is 82.5 Å². The van der Waals surface area contributed by atoms with Crippen LogP contribution in [0.4, 0.5) is 10.2 Å². The monoisotopic (exact) mass is 606 g/mol. The number of hydrogen-bond acceptors (Lipinski definition) is 9. The minimum atomic E-state index is -0.626. The first-order chi connectivity index (χ1) is 22.0. The fourth-order valence-corrected chi connectivity index (χ4v) is 8.04. The van der Waals surface area contributed by atoms with Crippen molar-refractivity contribution in [1.29, 1.82) is 0 Å². The number of aromatic nitrogens is 3. The number of ether oxygens (including phenoxy) is 2. The summed E-state index contributed by atoms with van der Waals surface area (Å²) in [6.07, 6.45) is 12.7. The van der Waals surface area contributed by atoms with Gasteiger partial charge in [0.15, 0.2) is 5.82 Å². The lowest BCUT2D eigenvalue weighted by atomic mass is 9.96. The van der Waals surface area contributed by atoms with Gasteiger partial charge in [-0.25, -0.2) is 9.37 Å². The quantitative estimate of drug-likeness (QED) is 0.305. The number of pyridine rings is 1. The Hall–Kier alpha value is -4.20. The first-order valence-corrected chi connectivity index (χ1v) is 16.1. The van der Waals surface area contributed by atoms with Crippen LogP contribution < -0.4 is 19.7 Å². The van der Waals surface area contributed by atoms with Crippen LogP contribution in [0, 0.1) is 23.6 Å². The van der Waals surface area contributed by atoms with Crippen molar-refractivity contribution in [3.05, 3.63) is 41.7 Å². The first kappa shape index (κ1) is 27.1. The lowest BCUT2D eigenvalue weighted by Gasteiger charge is -2.40. The van der Waals surface area contributed by atoms with E-state index in [0.29, 0.717) is 52.4 Å². The average molecular weight is 607 g/mol. The van der Waals surface area contributed by atoms with Crippen molar-refractivity contribution in [2.24, 2.45) is 5.41 Å². The molecular weight excluding hydrogens is 571 g/mol. The second-order valence-electron chi connectivity index (χ2n) is 13.5. The number of rotatable bonds is 6. The number of benzene rings is 2. The van der Waals surface area contributed by atoms with Gasteiger partial charge in [0.2, 0.25) is 5.88 Å². The number of fused-ring (bicyclic) bond motifs is 6. The summed E-state index contributed by atoms with van der Waals surface area (Å²) in [5, 5.41) is 16.2. The van der Waals surface area contributed by atoms with Crippen LogP contribution in [-0.2, 0) is 0 Å². The van der Waals surface area contributed by atoms with E-state index in [2.05, 4.69) is 21.0 Å². The Morgan fingerprint density at radius 1 is 1.13 bits per heavy atom. The summed E-state index contributed by atoms with van der Waals surface area (Å²) in [5.41, 5.74) is 1.17. The minimum absolute atomic E-state index is 0.00925. The highest BCUT2D eigenvalue weighted by molar-refractivity contribution is 6.04. The number of phenols is 1. The zero-order valence-electron chi connectivity index (χ0n) is 25.1. The molecule has 3 atom stereocenters. The lowest BCUT2D eigenvalue weighted by Crippen LogP contribution is -2.60. The van der Waals surface area contributed by atoms with E-state index in [1.54, 1.807) is 12.1 Å². The van der Waals surface area contributed by atoms with Crippen LogP contribution >= 0.6 is 0 Å². The molecule has 0 radical (unpaired) electrons. The molecule has 45 heavy (non-hydrogen) atoms. The van der Waals surface area contributed by atoms with Crippen molar-refractivity contribution >= 4 is 27.5 Å². The van der Waals surface area contributed by atoms with Crippen LogP contribution in [0.2, 0.25) is 0 Å². The molecule has 2 N–H and O–H groups in total. The highest BCUT2D eigenvalue weighted by Gasteiger charge is 2.46. The van der Waals surface area contributed by atoms with Crippen molar-refractivity contribution in [3.8, 4) is 41.2 Å². The van der Waals surface area contributed by atoms with Gasteiger partial charge in [-0.05, 0) is 75.2 Å². The molecule has 0 amide bonds. The Balaban J connectivity index is 1.20. The average Bonchev–Trinajstić information content (AvgIpc) is 3.47. The van der Waals surface area contributed by atoms with Gasteiger partial charge in [0.05, 0.1) is 12.6 Å². The summed E-state index contributed by atoms with van der Waals surface area (Å²) in [6, 6.07) is 9.33. The summed E-state index contributed by atoms with van der Waals surface area (Å²) < 4.78 is 29.8. The van der Waals surface area contributed by atoms with Gasteiger partial charge >= 0.3 is 6.01 Å². The molecule has 10 heteroatoms. The number of likely N-dealkylation sites (tertiary alicyclic amines) is 1. The highest BCUT2D eigenvalue weighted by Crippen LogP contribution is 2.48. The minimum Gasteiger partial charge on any atom is -0.508 e. The molecule has 1 aliphatic carbocycles. The Labute approximate surface area is 260 Å². The number of hydrogen-bond donors (Lipinski definition) is 2. The number of phenolic OH excluding ortho intramolecular Hbond substituents is 1. The van der Waals surface area contributed by atoms with E-state index in [1.165, 1.54) is 18.9 Å². The topological polar surface area (TPSA) is 95.9 Å². The summed E-state index contributed by atoms with van der Waals surface area (Å²) >= 11 is 0. The van der Waals surface area contributed by atoms with Crippen LogP contribution in [0.25, 0.3) is 32.9 Å². The second-order valence-corrected chi connectivity index (χ2v) is 13.5. The summed E-state index contributed by atoms with van der Waals surface area (Å²) in [5.74, 6) is 2.95. The largest absolute Gasteiger partial charge is 0.508 e. The molecule has 2 bridgehead atoms. The third-order valence-corrected chi connectivity index (χ3v) is 10.5. The third-order valence-electron chi connectivity index (χ3n) is 10.5. The van der Waals surface area contributed by atoms with E-state index in [4.69, 9.17) is 30.8 Å². The molecule has 9 rings (SSSR count). The predicted octanol–water partition coefficient (Wildman–Crippen LogP) is 4.63. The molecule has 2 aromatic carbocycles.